The summed E-state index contributed by atoms with van der Waals surface area (Å²) in [5, 5.41) is 18.6. The molecule has 2 rings (SSSR count). The summed E-state index contributed by atoms with van der Waals surface area (Å²) >= 11 is 0. The minimum atomic E-state index is -0.405. The van der Waals surface area contributed by atoms with Crippen LogP contribution in [0.2, 0.25) is 0 Å². The van der Waals surface area contributed by atoms with Crippen molar-refractivity contribution in [2.24, 2.45) is 0 Å². The van der Waals surface area contributed by atoms with E-state index < -0.39 is 4.92 Å². The van der Waals surface area contributed by atoms with Gasteiger partial charge in [0.2, 0.25) is 0 Å². The van der Waals surface area contributed by atoms with E-state index in [1.54, 1.807) is 44.4 Å². The first kappa shape index (κ1) is 25.1. The van der Waals surface area contributed by atoms with Crippen molar-refractivity contribution in [1.82, 2.24) is 0 Å². The average molecular weight is 390 g/mol. The zero-order valence-electron chi connectivity index (χ0n) is 17.0. The smallest absolute Gasteiger partial charge is 0.269 e. The van der Waals surface area contributed by atoms with E-state index in [1.165, 1.54) is 12.1 Å². The average Bonchev–Trinajstić information content (AvgIpc) is 2.75. The molecule has 2 aromatic carbocycles. The number of benzene rings is 2. The van der Waals surface area contributed by atoms with Crippen LogP contribution in [0.3, 0.4) is 0 Å². The minimum Gasteiger partial charge on any atom is -0.497 e. The summed E-state index contributed by atoms with van der Waals surface area (Å²) in [5.41, 5.74) is 2.73. The monoisotopic (exact) mass is 390 g/mol. The fraction of sp³-hybridized carbons (Fsp3) is 0.125. The molecule has 0 heterocycles. The largest absolute Gasteiger partial charge is 0.497 e. The molecule has 0 saturated carbocycles. The highest BCUT2D eigenvalue weighted by molar-refractivity contribution is 5.65. The fourth-order valence-corrected chi connectivity index (χ4v) is 1.91. The Labute approximate surface area is 172 Å². The maximum absolute atomic E-state index is 10.5. The lowest BCUT2D eigenvalue weighted by atomic mass is 10.1. The number of rotatable bonds is 5. The van der Waals surface area contributed by atoms with Crippen molar-refractivity contribution >= 4 is 5.69 Å². The highest BCUT2D eigenvalue weighted by Crippen LogP contribution is 2.24. The SMILES string of the molecule is C=C/C=C(\C)C#N.C=C/C=C\C.COc1ccc(-c2ccc([N+](=O)[O-])cc2)cc1. The first-order valence-electron chi connectivity index (χ1n) is 8.75. The first-order valence-corrected chi connectivity index (χ1v) is 8.75. The van der Waals surface area contributed by atoms with Gasteiger partial charge in [-0.25, -0.2) is 0 Å². The Bertz CT molecular complexity index is 872. The molecule has 0 spiro atoms. The molecule has 2 aromatic rings. The Hall–Kier alpha value is -3.91. The predicted molar refractivity (Wildman–Crippen MR) is 120 cm³/mol. The van der Waals surface area contributed by atoms with Crippen molar-refractivity contribution in [1.29, 1.82) is 5.26 Å². The molecule has 0 N–H and O–H groups in total. The van der Waals surface area contributed by atoms with Gasteiger partial charge >= 0.3 is 0 Å². The Balaban J connectivity index is 0.000000543. The van der Waals surface area contributed by atoms with E-state index in [2.05, 4.69) is 13.2 Å². The second kappa shape index (κ2) is 15.2. The van der Waals surface area contributed by atoms with Crippen molar-refractivity contribution < 1.29 is 9.66 Å². The standard InChI is InChI=1S/C13H11NO3.C6H7N.C5H8/c1-17-13-8-4-11(5-9-13)10-2-6-12(7-3-10)14(15)16;1-3-4-6(2)5-7;1-3-5-4-2/h2-9H,1H3;3-4H,1H2,2H3;3-5H,1H2,2H3/b;6-4+;5-4-. The zero-order chi connectivity index (χ0) is 22.1. The number of nitro benzene ring substituents is 1. The molecule has 0 radical (unpaired) electrons. The van der Waals surface area contributed by atoms with E-state index in [-0.39, 0.29) is 5.69 Å². The lowest BCUT2D eigenvalue weighted by Crippen LogP contribution is -1.87. The van der Waals surface area contributed by atoms with Crippen LogP contribution in [0, 0.1) is 21.4 Å². The summed E-state index contributed by atoms with van der Waals surface area (Å²) < 4.78 is 5.07. The molecule has 0 aromatic heterocycles. The summed E-state index contributed by atoms with van der Waals surface area (Å²) in [6, 6.07) is 16.0. The lowest BCUT2D eigenvalue weighted by molar-refractivity contribution is -0.384. The van der Waals surface area contributed by atoms with Gasteiger partial charge in [0.1, 0.15) is 5.75 Å². The molecular formula is C24H26N2O3. The van der Waals surface area contributed by atoms with Crippen molar-refractivity contribution in [3.05, 3.63) is 108 Å². The summed E-state index contributed by atoms with van der Waals surface area (Å²) in [7, 11) is 1.61. The van der Waals surface area contributed by atoms with Crippen LogP contribution in [0.25, 0.3) is 11.1 Å². The summed E-state index contributed by atoms with van der Waals surface area (Å²) in [6.45, 7) is 10.6. The van der Waals surface area contributed by atoms with Crippen molar-refractivity contribution in [3.8, 4) is 22.9 Å². The van der Waals surface area contributed by atoms with Gasteiger partial charge in [-0.15, -0.1) is 0 Å². The third-order valence-electron chi connectivity index (χ3n) is 3.37. The number of methoxy groups -OCH3 is 1. The van der Waals surface area contributed by atoms with Crippen LogP contribution in [0.15, 0.2) is 97.6 Å². The lowest BCUT2D eigenvalue weighted by Gasteiger charge is -2.03. The van der Waals surface area contributed by atoms with Gasteiger partial charge in [0.15, 0.2) is 0 Å². The van der Waals surface area contributed by atoms with Crippen molar-refractivity contribution in [2.75, 3.05) is 7.11 Å². The maximum atomic E-state index is 10.5. The van der Waals surface area contributed by atoms with E-state index in [9.17, 15) is 10.1 Å². The van der Waals surface area contributed by atoms with Gasteiger partial charge < -0.3 is 4.74 Å². The second-order valence-corrected chi connectivity index (χ2v) is 5.49. The highest BCUT2D eigenvalue weighted by Gasteiger charge is 2.05. The molecular weight excluding hydrogens is 364 g/mol. The molecule has 0 saturated heterocycles. The van der Waals surface area contributed by atoms with Crippen molar-refractivity contribution in [2.45, 2.75) is 13.8 Å². The number of allylic oxidation sites excluding steroid dienone is 6. The van der Waals surface area contributed by atoms with Crippen LogP contribution in [0.4, 0.5) is 5.69 Å². The summed E-state index contributed by atoms with van der Waals surface area (Å²) in [4.78, 5) is 10.1. The molecule has 0 bridgehead atoms. The van der Waals surface area contributed by atoms with E-state index in [0.717, 1.165) is 16.9 Å². The maximum Gasteiger partial charge on any atom is 0.269 e. The van der Waals surface area contributed by atoms with Gasteiger partial charge in [0.05, 0.1) is 18.1 Å². The molecule has 0 aliphatic heterocycles. The predicted octanol–water partition coefficient (Wildman–Crippen LogP) is 6.66. The molecule has 0 atom stereocenters. The second-order valence-electron chi connectivity index (χ2n) is 5.49. The molecule has 29 heavy (non-hydrogen) atoms. The van der Waals surface area contributed by atoms with Crippen LogP contribution >= 0.6 is 0 Å². The molecule has 150 valence electrons. The molecule has 0 aliphatic carbocycles. The van der Waals surface area contributed by atoms with Crippen LogP contribution < -0.4 is 4.74 Å². The first-order chi connectivity index (χ1) is 13.9. The number of nitriles is 1. The zero-order valence-corrected chi connectivity index (χ0v) is 17.0. The molecule has 5 heteroatoms. The van der Waals surface area contributed by atoms with Crippen LogP contribution in [0.1, 0.15) is 13.8 Å². The molecule has 0 fully saturated rings. The van der Waals surface area contributed by atoms with Gasteiger partial charge in [-0.1, -0.05) is 49.6 Å². The quantitative estimate of drug-likeness (QED) is 0.247. The van der Waals surface area contributed by atoms with Crippen LogP contribution in [-0.4, -0.2) is 12.0 Å². The third-order valence-corrected chi connectivity index (χ3v) is 3.37. The van der Waals surface area contributed by atoms with Gasteiger partial charge in [0.25, 0.3) is 5.69 Å². The van der Waals surface area contributed by atoms with E-state index in [1.807, 2.05) is 49.4 Å². The summed E-state index contributed by atoms with van der Waals surface area (Å²) in [6.07, 6.45) is 8.84. The molecule has 0 amide bonds. The van der Waals surface area contributed by atoms with Gasteiger partial charge in [-0.05, 0) is 55.3 Å². The summed E-state index contributed by atoms with van der Waals surface area (Å²) in [5.74, 6) is 0.788. The number of hydrogen-bond acceptors (Lipinski definition) is 4. The van der Waals surface area contributed by atoms with Crippen LogP contribution in [-0.2, 0) is 0 Å². The number of nitrogens with zero attached hydrogens (tertiary/aromatic N) is 2. The molecule has 0 unspecified atom stereocenters. The Morgan fingerprint density at radius 1 is 1.07 bits per heavy atom. The van der Waals surface area contributed by atoms with E-state index in [4.69, 9.17) is 10.00 Å². The van der Waals surface area contributed by atoms with Gasteiger partial charge in [-0.2, -0.15) is 5.26 Å². The van der Waals surface area contributed by atoms with Crippen LogP contribution in [0.5, 0.6) is 5.75 Å². The molecule has 5 nitrogen and oxygen atoms in total. The topological polar surface area (TPSA) is 76.2 Å². The van der Waals surface area contributed by atoms with E-state index >= 15 is 0 Å². The normalized spacial score (nSPS) is 9.79. The third kappa shape index (κ3) is 10.7. The van der Waals surface area contributed by atoms with E-state index in [0.29, 0.717) is 5.57 Å². The Morgan fingerprint density at radius 3 is 1.86 bits per heavy atom. The number of hydrogen-bond donors (Lipinski definition) is 0. The van der Waals surface area contributed by atoms with Crippen molar-refractivity contribution in [3.63, 3.8) is 0 Å². The van der Waals surface area contributed by atoms with Gasteiger partial charge in [-0.3, -0.25) is 10.1 Å². The minimum absolute atomic E-state index is 0.0993. The number of ether oxygens (including phenoxy) is 1. The highest BCUT2D eigenvalue weighted by atomic mass is 16.6. The van der Waals surface area contributed by atoms with Gasteiger partial charge in [0, 0.05) is 17.7 Å². The Morgan fingerprint density at radius 2 is 1.59 bits per heavy atom. The number of nitro groups is 1. The fourth-order valence-electron chi connectivity index (χ4n) is 1.91. The Kier molecular flexibility index (Phi) is 13.1. The number of non-ortho nitro benzene ring substituents is 1. The molecule has 0 aliphatic rings.